The van der Waals surface area contributed by atoms with Crippen LogP contribution < -0.4 is 0 Å². The molecule has 2 rings (SSSR count). The third-order valence-corrected chi connectivity index (χ3v) is 1.24. The van der Waals surface area contributed by atoms with Crippen LogP contribution in [0.4, 0.5) is 0 Å². The van der Waals surface area contributed by atoms with E-state index < -0.39 is 0 Å². The minimum atomic E-state index is 0.831. The van der Waals surface area contributed by atoms with E-state index in [0.717, 1.165) is 10.9 Å². The molecule has 0 unspecified atom stereocenters. The van der Waals surface area contributed by atoms with Gasteiger partial charge in [-0.15, -0.1) is 0 Å². The third kappa shape index (κ3) is 0.719. The Labute approximate surface area is 57.7 Å². The lowest BCUT2D eigenvalue weighted by Gasteiger charge is -1.89. The summed E-state index contributed by atoms with van der Waals surface area (Å²) in [7, 11) is 0. The zero-order valence-electron chi connectivity index (χ0n) is 5.15. The van der Waals surface area contributed by atoms with Gasteiger partial charge in [0.2, 0.25) is 0 Å². The van der Waals surface area contributed by atoms with E-state index in [9.17, 15) is 0 Å². The lowest BCUT2D eigenvalue weighted by molar-refractivity contribution is 1.04. The molecule has 0 aliphatic heterocycles. The van der Waals surface area contributed by atoms with Gasteiger partial charge >= 0.3 is 0 Å². The Morgan fingerprint density at radius 3 is 3.00 bits per heavy atom. The van der Waals surface area contributed by atoms with Gasteiger partial charge < -0.3 is 0 Å². The minimum Gasteiger partial charge on any atom is -0.254 e. The van der Waals surface area contributed by atoms with Crippen molar-refractivity contribution < 1.29 is 0 Å². The summed E-state index contributed by atoms with van der Waals surface area (Å²) in [4.78, 5) is 4.05. The van der Waals surface area contributed by atoms with Crippen LogP contribution in [0.2, 0.25) is 0 Å². The fourth-order valence-electron chi connectivity index (χ4n) is 0.773. The van der Waals surface area contributed by atoms with Crippen molar-refractivity contribution in [1.29, 1.82) is 0 Å². The highest BCUT2D eigenvalue weighted by molar-refractivity contribution is 5.74. The van der Waals surface area contributed by atoms with Crippen LogP contribution in [0.25, 0.3) is 10.9 Å². The molecular weight excluding hydrogens is 126 g/mol. The molecule has 2 aromatic heterocycles. The van der Waals surface area contributed by atoms with Crippen LogP contribution in [-0.4, -0.2) is 15.2 Å². The molecule has 0 amide bonds. The van der Waals surface area contributed by atoms with Gasteiger partial charge in [-0.05, 0) is 12.1 Å². The average molecular weight is 130 g/mol. The van der Waals surface area contributed by atoms with Crippen molar-refractivity contribution in [3.63, 3.8) is 0 Å². The molecule has 0 aliphatic rings. The first-order valence-electron chi connectivity index (χ1n) is 2.90. The zero-order chi connectivity index (χ0) is 6.81. The van der Waals surface area contributed by atoms with E-state index in [1.54, 1.807) is 24.7 Å². The van der Waals surface area contributed by atoms with E-state index in [-0.39, 0.29) is 0 Å². The van der Waals surface area contributed by atoms with Crippen molar-refractivity contribution >= 4 is 10.9 Å². The summed E-state index contributed by atoms with van der Waals surface area (Å²) in [5.41, 5.74) is 0.831. The Balaban J connectivity index is 2.89. The molecule has 10 heavy (non-hydrogen) atoms. The van der Waals surface area contributed by atoms with E-state index in [1.807, 2.05) is 0 Å². The Kier molecular flexibility index (Phi) is 1.07. The molecule has 0 bridgehead atoms. The second-order valence-electron chi connectivity index (χ2n) is 1.88. The average Bonchev–Trinajstić information content (AvgIpc) is 2.05. The fraction of sp³-hybridized carbons (Fsp3) is 0. The standard InChI is InChI=1S/C7H4N3/c1-2-6-4-9-10-5-7(6)8-3-1/h1,3-5H. The van der Waals surface area contributed by atoms with Crippen molar-refractivity contribution in [2.24, 2.45) is 0 Å². The van der Waals surface area contributed by atoms with Crippen LogP contribution >= 0.6 is 0 Å². The minimum absolute atomic E-state index is 0.831. The van der Waals surface area contributed by atoms with E-state index in [1.165, 1.54) is 0 Å². The highest BCUT2D eigenvalue weighted by atomic mass is 15.1. The maximum absolute atomic E-state index is 4.05. The SMILES string of the molecule is [c]1ccnc2cnncc12. The Morgan fingerprint density at radius 1 is 1.20 bits per heavy atom. The van der Waals surface area contributed by atoms with Crippen LogP contribution in [0.3, 0.4) is 0 Å². The second-order valence-corrected chi connectivity index (χ2v) is 1.88. The van der Waals surface area contributed by atoms with Crippen molar-refractivity contribution in [2.75, 3.05) is 0 Å². The van der Waals surface area contributed by atoms with Gasteiger partial charge in [-0.3, -0.25) is 4.98 Å². The molecule has 0 aromatic carbocycles. The van der Waals surface area contributed by atoms with E-state index in [0.29, 0.717) is 0 Å². The lowest BCUT2D eigenvalue weighted by atomic mass is 10.3. The molecule has 0 N–H and O–H groups in total. The molecule has 1 radical (unpaired) electrons. The summed E-state index contributed by atoms with van der Waals surface area (Å²) in [6.07, 6.45) is 4.94. The monoisotopic (exact) mass is 130 g/mol. The quantitative estimate of drug-likeness (QED) is 0.530. The Hall–Kier alpha value is -1.51. The van der Waals surface area contributed by atoms with Gasteiger partial charge in [-0.2, -0.15) is 10.2 Å². The normalized spacial score (nSPS) is 10.0. The summed E-state index contributed by atoms with van der Waals surface area (Å²) >= 11 is 0. The molecule has 3 nitrogen and oxygen atoms in total. The van der Waals surface area contributed by atoms with Crippen LogP contribution in [0.15, 0.2) is 24.7 Å². The molecule has 0 atom stereocenters. The molecule has 2 heterocycles. The van der Waals surface area contributed by atoms with Gasteiger partial charge in [0.05, 0.1) is 17.9 Å². The summed E-state index contributed by atoms with van der Waals surface area (Å²) in [6.45, 7) is 0. The number of nitrogens with zero attached hydrogens (tertiary/aromatic N) is 3. The molecule has 0 fully saturated rings. The van der Waals surface area contributed by atoms with Gasteiger partial charge in [0.25, 0.3) is 0 Å². The molecule has 3 heteroatoms. The summed E-state index contributed by atoms with van der Waals surface area (Å²) in [6, 6.07) is 4.74. The molecule has 0 saturated heterocycles. The number of hydrogen-bond donors (Lipinski definition) is 0. The molecule has 2 aromatic rings. The molecular formula is C7H4N3. The number of pyridine rings is 1. The van der Waals surface area contributed by atoms with Crippen molar-refractivity contribution in [2.45, 2.75) is 0 Å². The maximum Gasteiger partial charge on any atom is 0.0925 e. The van der Waals surface area contributed by atoms with E-state index >= 15 is 0 Å². The molecule has 47 valence electrons. The summed E-state index contributed by atoms with van der Waals surface area (Å²) in [5.74, 6) is 0. The number of hydrogen-bond acceptors (Lipinski definition) is 3. The molecule has 0 aliphatic carbocycles. The zero-order valence-corrected chi connectivity index (χ0v) is 5.15. The van der Waals surface area contributed by atoms with E-state index in [2.05, 4.69) is 21.2 Å². The van der Waals surface area contributed by atoms with Crippen LogP contribution in [-0.2, 0) is 0 Å². The molecule has 0 saturated carbocycles. The highest BCUT2D eigenvalue weighted by Crippen LogP contribution is 2.03. The first-order chi connectivity index (χ1) is 4.97. The predicted molar refractivity (Wildman–Crippen MR) is 36.2 cm³/mol. The van der Waals surface area contributed by atoms with Crippen LogP contribution in [0.1, 0.15) is 0 Å². The fourth-order valence-corrected chi connectivity index (χ4v) is 0.773. The predicted octanol–water partition coefficient (Wildman–Crippen LogP) is 0.825. The summed E-state index contributed by atoms with van der Waals surface area (Å²) < 4.78 is 0. The Morgan fingerprint density at radius 2 is 2.10 bits per heavy atom. The van der Waals surface area contributed by atoms with Gasteiger partial charge in [-0.25, -0.2) is 0 Å². The Bertz CT molecular complexity index is 280. The van der Waals surface area contributed by atoms with Crippen molar-refractivity contribution in [3.8, 4) is 0 Å². The largest absolute Gasteiger partial charge is 0.254 e. The lowest BCUT2D eigenvalue weighted by Crippen LogP contribution is -1.81. The van der Waals surface area contributed by atoms with Gasteiger partial charge in [0.1, 0.15) is 0 Å². The van der Waals surface area contributed by atoms with Gasteiger partial charge in [0, 0.05) is 11.6 Å². The molecule has 0 spiro atoms. The van der Waals surface area contributed by atoms with Crippen molar-refractivity contribution in [3.05, 3.63) is 30.7 Å². The first-order valence-corrected chi connectivity index (χ1v) is 2.90. The second kappa shape index (κ2) is 2.02. The maximum atomic E-state index is 4.05. The van der Waals surface area contributed by atoms with E-state index in [4.69, 9.17) is 0 Å². The first kappa shape index (κ1) is 5.29. The van der Waals surface area contributed by atoms with Crippen molar-refractivity contribution in [1.82, 2.24) is 15.2 Å². The number of aromatic nitrogens is 3. The summed E-state index contributed by atoms with van der Waals surface area (Å²) in [5, 5.41) is 8.27. The van der Waals surface area contributed by atoms with Crippen LogP contribution in [0.5, 0.6) is 0 Å². The topological polar surface area (TPSA) is 38.7 Å². The number of fused-ring (bicyclic) bond motifs is 1. The van der Waals surface area contributed by atoms with Gasteiger partial charge in [-0.1, -0.05) is 0 Å². The smallest absolute Gasteiger partial charge is 0.0925 e. The third-order valence-electron chi connectivity index (χ3n) is 1.24. The number of rotatable bonds is 0. The van der Waals surface area contributed by atoms with Gasteiger partial charge in [0.15, 0.2) is 0 Å². The van der Waals surface area contributed by atoms with Crippen LogP contribution in [0, 0.1) is 6.07 Å². The highest BCUT2D eigenvalue weighted by Gasteiger charge is 1.89.